The molecular formula is C18H38IN5O5S. The molecule has 1 rings (SSSR count). The van der Waals surface area contributed by atoms with Crippen molar-refractivity contribution in [2.24, 2.45) is 4.99 Å². The Kier molecular flexibility index (Phi) is 11.3. The summed E-state index contributed by atoms with van der Waals surface area (Å²) in [6, 6.07) is -0.245. The van der Waals surface area contributed by atoms with E-state index in [0.29, 0.717) is 32.0 Å². The molecular weight excluding hydrogens is 525 g/mol. The Morgan fingerprint density at radius 1 is 1.23 bits per heavy atom. The summed E-state index contributed by atoms with van der Waals surface area (Å²) in [5, 5.41) is 6.33. The molecule has 1 aliphatic rings. The van der Waals surface area contributed by atoms with Gasteiger partial charge in [0.15, 0.2) is 5.96 Å². The summed E-state index contributed by atoms with van der Waals surface area (Å²) in [5.41, 5.74) is -1.39. The summed E-state index contributed by atoms with van der Waals surface area (Å²) in [6.07, 6.45) is 1.12. The normalized spacial score (nSPS) is 21.7. The zero-order chi connectivity index (χ0) is 22.5. The fraction of sp³-hybridized carbons (Fsp3) is 0.889. The molecule has 0 spiro atoms. The van der Waals surface area contributed by atoms with E-state index in [1.54, 1.807) is 11.9 Å². The predicted molar refractivity (Wildman–Crippen MR) is 129 cm³/mol. The van der Waals surface area contributed by atoms with Crippen LogP contribution in [-0.4, -0.2) is 81.8 Å². The first-order chi connectivity index (χ1) is 13.2. The molecule has 0 aromatic carbocycles. The molecule has 3 N–H and O–H groups in total. The van der Waals surface area contributed by atoms with Crippen LogP contribution in [0, 0.1) is 0 Å². The number of ether oxygens (including phenoxy) is 2. The van der Waals surface area contributed by atoms with Crippen LogP contribution in [0.5, 0.6) is 0 Å². The first kappa shape index (κ1) is 29.1. The molecule has 1 aliphatic heterocycles. The van der Waals surface area contributed by atoms with Crippen molar-refractivity contribution in [3.05, 3.63) is 0 Å². The number of amides is 1. The second-order valence-electron chi connectivity index (χ2n) is 8.59. The highest BCUT2D eigenvalue weighted by atomic mass is 127. The summed E-state index contributed by atoms with van der Waals surface area (Å²) >= 11 is 0. The molecule has 0 aliphatic carbocycles. The highest BCUT2D eigenvalue weighted by molar-refractivity contribution is 14.0. The maximum absolute atomic E-state index is 12.8. The van der Waals surface area contributed by atoms with Gasteiger partial charge in [0.1, 0.15) is 11.3 Å². The van der Waals surface area contributed by atoms with E-state index in [1.165, 1.54) is 0 Å². The Labute approximate surface area is 198 Å². The van der Waals surface area contributed by atoms with Gasteiger partial charge in [0.2, 0.25) is 10.0 Å². The number of aliphatic imine (C=N–C) groups is 1. The van der Waals surface area contributed by atoms with Gasteiger partial charge >= 0.3 is 6.09 Å². The lowest BCUT2D eigenvalue weighted by atomic mass is 10.1. The van der Waals surface area contributed by atoms with Crippen molar-refractivity contribution in [3.8, 4) is 0 Å². The number of carbonyl (C=O) groups excluding carboxylic acids is 1. The number of guanidine groups is 1. The van der Waals surface area contributed by atoms with Crippen LogP contribution in [0.1, 0.15) is 48.0 Å². The minimum Gasteiger partial charge on any atom is -0.444 e. The number of carbonyl (C=O) groups is 1. The molecule has 10 nitrogen and oxygen atoms in total. The van der Waals surface area contributed by atoms with Crippen LogP contribution in [-0.2, 0) is 19.5 Å². The number of nitrogens with zero attached hydrogens (tertiary/aromatic N) is 2. The van der Waals surface area contributed by atoms with Crippen LogP contribution >= 0.6 is 24.0 Å². The predicted octanol–water partition coefficient (Wildman–Crippen LogP) is 1.47. The Morgan fingerprint density at radius 3 is 2.33 bits per heavy atom. The van der Waals surface area contributed by atoms with Gasteiger partial charge in [-0.3, -0.25) is 9.89 Å². The highest BCUT2D eigenvalue weighted by Gasteiger charge is 2.49. The van der Waals surface area contributed by atoms with E-state index in [1.807, 2.05) is 41.5 Å². The second kappa shape index (κ2) is 11.7. The third kappa shape index (κ3) is 9.96. The Morgan fingerprint density at radius 2 is 1.83 bits per heavy atom. The quantitative estimate of drug-likeness (QED) is 0.186. The van der Waals surface area contributed by atoms with Crippen molar-refractivity contribution >= 4 is 46.1 Å². The van der Waals surface area contributed by atoms with Gasteiger partial charge in [-0.25, -0.2) is 17.9 Å². The van der Waals surface area contributed by atoms with Gasteiger partial charge in [0.25, 0.3) is 0 Å². The van der Waals surface area contributed by atoms with E-state index in [4.69, 9.17) is 9.47 Å². The van der Waals surface area contributed by atoms with Gasteiger partial charge in [-0.15, -0.1) is 24.0 Å². The van der Waals surface area contributed by atoms with Crippen LogP contribution < -0.4 is 15.4 Å². The summed E-state index contributed by atoms with van der Waals surface area (Å²) in [7, 11) is -1.54. The van der Waals surface area contributed by atoms with Gasteiger partial charge in [0, 0.05) is 26.7 Å². The average molecular weight is 564 g/mol. The van der Waals surface area contributed by atoms with E-state index in [2.05, 4.69) is 20.3 Å². The molecule has 1 fully saturated rings. The first-order valence-electron chi connectivity index (χ1n) is 9.75. The molecule has 0 radical (unpaired) electrons. The fourth-order valence-corrected chi connectivity index (χ4v) is 3.61. The number of rotatable bonds is 7. The van der Waals surface area contributed by atoms with Crippen LogP contribution in [0.4, 0.5) is 4.79 Å². The largest absolute Gasteiger partial charge is 0.444 e. The summed E-state index contributed by atoms with van der Waals surface area (Å²) < 4.78 is 36.1. The van der Waals surface area contributed by atoms with Crippen LogP contribution in [0.3, 0.4) is 0 Å². The number of nitrogens with one attached hydrogen (secondary N) is 3. The van der Waals surface area contributed by atoms with Crippen LogP contribution in [0.15, 0.2) is 4.99 Å². The van der Waals surface area contributed by atoms with Crippen molar-refractivity contribution in [2.75, 3.05) is 32.9 Å². The highest BCUT2D eigenvalue weighted by Crippen LogP contribution is 2.33. The number of hydrogen-bond acceptors (Lipinski definition) is 6. The topological polar surface area (TPSA) is 121 Å². The molecule has 30 heavy (non-hydrogen) atoms. The lowest BCUT2D eigenvalue weighted by Gasteiger charge is -2.35. The third-order valence-corrected chi connectivity index (χ3v) is 4.96. The van der Waals surface area contributed by atoms with Crippen molar-refractivity contribution in [1.82, 2.24) is 20.3 Å². The fourth-order valence-electron chi connectivity index (χ4n) is 3.10. The molecule has 0 bridgehead atoms. The van der Waals surface area contributed by atoms with E-state index in [9.17, 15) is 13.2 Å². The molecule has 2 atom stereocenters. The van der Waals surface area contributed by atoms with Gasteiger partial charge in [-0.2, -0.15) is 0 Å². The molecule has 1 heterocycles. The van der Waals surface area contributed by atoms with Crippen molar-refractivity contribution in [2.45, 2.75) is 71.4 Å². The maximum Gasteiger partial charge on any atom is 0.412 e. The molecule has 12 heteroatoms. The van der Waals surface area contributed by atoms with Gasteiger partial charge < -0.3 is 20.1 Å². The van der Waals surface area contributed by atoms with E-state index in [-0.39, 0.29) is 36.1 Å². The maximum atomic E-state index is 12.8. The molecule has 1 amide bonds. The smallest absolute Gasteiger partial charge is 0.412 e. The van der Waals surface area contributed by atoms with Crippen molar-refractivity contribution in [3.63, 3.8) is 0 Å². The Balaban J connectivity index is 0.00000841. The van der Waals surface area contributed by atoms with E-state index < -0.39 is 27.4 Å². The summed E-state index contributed by atoms with van der Waals surface area (Å²) in [5.74, 6) is 0.561. The minimum absolute atomic E-state index is 0. The lowest BCUT2D eigenvalue weighted by Crippen LogP contribution is -2.54. The zero-order valence-corrected chi connectivity index (χ0v) is 22.4. The van der Waals surface area contributed by atoms with E-state index in [0.717, 1.165) is 6.26 Å². The molecule has 1 saturated heterocycles. The van der Waals surface area contributed by atoms with Gasteiger partial charge in [-0.1, -0.05) is 0 Å². The minimum atomic E-state index is -3.18. The lowest BCUT2D eigenvalue weighted by molar-refractivity contribution is -0.0755. The Bertz CT molecular complexity index is 694. The summed E-state index contributed by atoms with van der Waals surface area (Å²) in [4.78, 5) is 18.6. The van der Waals surface area contributed by atoms with Crippen molar-refractivity contribution in [1.29, 1.82) is 0 Å². The molecule has 2 unspecified atom stereocenters. The standard InChI is InChI=1S/C18H37N5O5S.HI/c1-13-14(23(18(5,6)27-13)16(24)28-17(2,3)4)12-21-15(19-7)20-10-9-11-22-29(8,25)26;/h13-14,22H,9-12H2,1-8H3,(H2,19,20,21);1H. The monoisotopic (exact) mass is 563 g/mol. The van der Waals surface area contributed by atoms with Crippen LogP contribution in [0.25, 0.3) is 0 Å². The third-order valence-electron chi connectivity index (χ3n) is 4.23. The molecule has 0 aromatic rings. The van der Waals surface area contributed by atoms with Gasteiger partial charge in [-0.05, 0) is 48.0 Å². The summed E-state index contributed by atoms with van der Waals surface area (Å²) in [6.45, 7) is 12.4. The second-order valence-corrected chi connectivity index (χ2v) is 10.4. The van der Waals surface area contributed by atoms with Gasteiger partial charge in [0.05, 0.1) is 18.4 Å². The molecule has 0 aromatic heterocycles. The van der Waals surface area contributed by atoms with Crippen LogP contribution in [0.2, 0.25) is 0 Å². The number of sulfonamides is 1. The Hall–Kier alpha value is -0.860. The molecule has 178 valence electrons. The first-order valence-corrected chi connectivity index (χ1v) is 11.6. The average Bonchev–Trinajstić information content (AvgIpc) is 2.75. The SMILES string of the molecule is CN=C(NCCCNS(C)(=O)=O)NCC1C(C)OC(C)(C)N1C(=O)OC(C)(C)C.I. The van der Waals surface area contributed by atoms with E-state index >= 15 is 0 Å². The number of halogens is 1. The molecule has 0 saturated carbocycles. The zero-order valence-electron chi connectivity index (χ0n) is 19.2. The van der Waals surface area contributed by atoms with Crippen molar-refractivity contribution < 1.29 is 22.7 Å². The number of hydrogen-bond donors (Lipinski definition) is 3.